The lowest BCUT2D eigenvalue weighted by atomic mass is 10.2. The van der Waals surface area contributed by atoms with Gasteiger partial charge >= 0.3 is 11.7 Å². The Balaban J connectivity index is 1.67. The minimum Gasteiger partial charge on any atom is -0.480 e. The molecule has 1 aromatic carbocycles. The second kappa shape index (κ2) is 14.9. The molecule has 35 heavy (non-hydrogen) atoms. The van der Waals surface area contributed by atoms with E-state index in [0.717, 1.165) is 15.0 Å². The number of nitrogens with one attached hydrogen (secondary N) is 1. The number of rotatable bonds is 16. The lowest BCUT2D eigenvalue weighted by Gasteiger charge is -2.24. The Morgan fingerprint density at radius 1 is 1.06 bits per heavy atom. The van der Waals surface area contributed by atoms with Crippen LogP contribution in [0.15, 0.2) is 46.1 Å². The van der Waals surface area contributed by atoms with Crippen molar-refractivity contribution < 1.29 is 28.9 Å². The van der Waals surface area contributed by atoms with Gasteiger partial charge < -0.3 is 24.2 Å². The van der Waals surface area contributed by atoms with E-state index >= 15 is 0 Å². The number of hydrogen-bond acceptors (Lipinski definition) is 7. The molecule has 0 saturated carbocycles. The number of carboxylic acid groups (broad SMARTS) is 1. The van der Waals surface area contributed by atoms with E-state index in [0.29, 0.717) is 39.6 Å². The summed E-state index contributed by atoms with van der Waals surface area (Å²) in [5, 5.41) is 9.18. The zero-order valence-electron chi connectivity index (χ0n) is 20.1. The van der Waals surface area contributed by atoms with Gasteiger partial charge in [-0.2, -0.15) is 0 Å². The minimum absolute atomic E-state index is 0.135. The van der Waals surface area contributed by atoms with Crippen LogP contribution in [0.5, 0.6) is 0 Å². The van der Waals surface area contributed by atoms with Crippen LogP contribution in [0.25, 0.3) is 0 Å². The summed E-state index contributed by atoms with van der Waals surface area (Å²) < 4.78 is 17.6. The van der Waals surface area contributed by atoms with Gasteiger partial charge in [0.25, 0.3) is 5.56 Å². The molecule has 11 heteroatoms. The Hall–Kier alpha value is -3.28. The summed E-state index contributed by atoms with van der Waals surface area (Å²) in [6, 6.07) is 9.85. The molecule has 192 valence electrons. The van der Waals surface area contributed by atoms with Gasteiger partial charge in [-0.3, -0.25) is 23.9 Å². The smallest absolute Gasteiger partial charge is 0.328 e. The number of ether oxygens (including phenoxy) is 3. The first-order valence-corrected chi connectivity index (χ1v) is 11.3. The predicted molar refractivity (Wildman–Crippen MR) is 127 cm³/mol. The third kappa shape index (κ3) is 10.7. The van der Waals surface area contributed by atoms with E-state index in [2.05, 4.69) is 4.98 Å². The van der Waals surface area contributed by atoms with E-state index in [-0.39, 0.29) is 24.6 Å². The molecule has 0 saturated heterocycles. The molecule has 0 radical (unpaired) electrons. The summed E-state index contributed by atoms with van der Waals surface area (Å²) >= 11 is 0. The first kappa shape index (κ1) is 28.0. The molecule has 11 nitrogen and oxygen atoms in total. The maximum atomic E-state index is 12.7. The van der Waals surface area contributed by atoms with Gasteiger partial charge in [-0.15, -0.1) is 0 Å². The van der Waals surface area contributed by atoms with E-state index in [4.69, 9.17) is 14.2 Å². The molecule has 2 N–H and O–H groups in total. The molecular formula is C24H33N3O8. The Morgan fingerprint density at radius 3 is 2.40 bits per heavy atom. The van der Waals surface area contributed by atoms with Gasteiger partial charge in [0.15, 0.2) is 0 Å². The molecule has 2 aromatic rings. The highest BCUT2D eigenvalue weighted by Crippen LogP contribution is 2.04. The van der Waals surface area contributed by atoms with Crippen molar-refractivity contribution in [2.45, 2.75) is 27.0 Å². The van der Waals surface area contributed by atoms with Crippen molar-refractivity contribution in [1.82, 2.24) is 14.5 Å². The molecule has 0 aliphatic carbocycles. The van der Waals surface area contributed by atoms with Crippen LogP contribution < -0.4 is 11.2 Å². The molecule has 0 unspecified atom stereocenters. The number of aliphatic carboxylic acids is 1. The van der Waals surface area contributed by atoms with Crippen molar-refractivity contribution >= 4 is 11.9 Å². The Kier molecular flexibility index (Phi) is 11.9. The predicted octanol–water partition coefficient (Wildman–Crippen LogP) is 0.644. The summed E-state index contributed by atoms with van der Waals surface area (Å²) in [6.07, 6.45) is 1.28. The van der Waals surface area contributed by atoms with Crippen LogP contribution in [-0.2, 0) is 37.0 Å². The fourth-order valence-electron chi connectivity index (χ4n) is 3.21. The van der Waals surface area contributed by atoms with Crippen LogP contribution in [0.2, 0.25) is 0 Å². The number of aryl methyl sites for hydroxylation is 1. The van der Waals surface area contributed by atoms with Gasteiger partial charge in [-0.25, -0.2) is 4.79 Å². The number of nitrogens with zero attached hydrogens (tertiary/aromatic N) is 2. The molecule has 0 spiro atoms. The van der Waals surface area contributed by atoms with Crippen LogP contribution in [0.3, 0.4) is 0 Å². The lowest BCUT2D eigenvalue weighted by Crippen LogP contribution is -2.43. The van der Waals surface area contributed by atoms with Crippen molar-refractivity contribution in [2.24, 2.45) is 5.92 Å². The number of benzene rings is 1. The van der Waals surface area contributed by atoms with Gasteiger partial charge in [0.1, 0.15) is 13.1 Å². The average Bonchev–Trinajstić information content (AvgIpc) is 2.81. The van der Waals surface area contributed by atoms with Crippen molar-refractivity contribution in [3.05, 3.63) is 68.5 Å². The summed E-state index contributed by atoms with van der Waals surface area (Å²) in [6.45, 7) is 5.06. The molecule has 0 fully saturated rings. The molecule has 1 aromatic heterocycles. The van der Waals surface area contributed by atoms with Crippen LogP contribution >= 0.6 is 0 Å². The summed E-state index contributed by atoms with van der Waals surface area (Å²) in [4.78, 5) is 50.6. The number of hydrogen-bond donors (Lipinski definition) is 2. The second-order valence-corrected chi connectivity index (χ2v) is 8.20. The van der Waals surface area contributed by atoms with Crippen molar-refractivity contribution in [3.8, 4) is 0 Å². The normalized spacial score (nSPS) is 11.8. The molecule has 1 heterocycles. The third-order valence-electron chi connectivity index (χ3n) is 4.96. The SMILES string of the molecule is Cc1cn(CC(=O)N(CC(=O)O)C[C@H](C)COCCOCCOCc2ccccc2)c(=O)[nH]c1=O. The van der Waals surface area contributed by atoms with Crippen LogP contribution in [-0.4, -0.2) is 77.6 Å². The molecule has 0 bridgehead atoms. The highest BCUT2D eigenvalue weighted by Gasteiger charge is 2.20. The van der Waals surface area contributed by atoms with Crippen LogP contribution in [0, 0.1) is 12.8 Å². The highest BCUT2D eigenvalue weighted by molar-refractivity contribution is 5.81. The molecule has 2 rings (SSSR count). The van der Waals surface area contributed by atoms with E-state index in [9.17, 15) is 24.3 Å². The lowest BCUT2D eigenvalue weighted by molar-refractivity contribution is -0.145. The highest BCUT2D eigenvalue weighted by atomic mass is 16.5. The Labute approximate surface area is 203 Å². The number of aromatic amines is 1. The molecule has 1 amide bonds. The van der Waals surface area contributed by atoms with Crippen LogP contribution in [0.1, 0.15) is 18.1 Å². The third-order valence-corrected chi connectivity index (χ3v) is 4.96. The summed E-state index contributed by atoms with van der Waals surface area (Å²) in [5.74, 6) is -1.87. The fourth-order valence-corrected chi connectivity index (χ4v) is 3.21. The van der Waals surface area contributed by atoms with Gasteiger partial charge in [0, 0.05) is 18.3 Å². The van der Waals surface area contributed by atoms with E-state index in [1.807, 2.05) is 37.3 Å². The fraction of sp³-hybridized carbons (Fsp3) is 0.500. The molecule has 0 aliphatic rings. The summed E-state index contributed by atoms with van der Waals surface area (Å²) in [7, 11) is 0. The quantitative estimate of drug-likeness (QED) is 0.326. The zero-order valence-corrected chi connectivity index (χ0v) is 20.1. The van der Waals surface area contributed by atoms with Gasteiger partial charge in [-0.1, -0.05) is 37.3 Å². The first-order valence-electron chi connectivity index (χ1n) is 11.3. The number of H-pyrrole nitrogens is 1. The number of carbonyl (C=O) groups excluding carboxylic acids is 1. The zero-order chi connectivity index (χ0) is 25.6. The summed E-state index contributed by atoms with van der Waals surface area (Å²) in [5.41, 5.74) is 0.108. The Bertz CT molecular complexity index is 1050. The first-order chi connectivity index (χ1) is 16.8. The van der Waals surface area contributed by atoms with E-state index < -0.39 is 29.7 Å². The number of aromatic nitrogens is 2. The number of carbonyl (C=O) groups is 2. The van der Waals surface area contributed by atoms with Crippen molar-refractivity contribution in [3.63, 3.8) is 0 Å². The second-order valence-electron chi connectivity index (χ2n) is 8.20. The number of amides is 1. The van der Waals surface area contributed by atoms with Crippen molar-refractivity contribution in [1.29, 1.82) is 0 Å². The number of carboxylic acids is 1. The monoisotopic (exact) mass is 491 g/mol. The van der Waals surface area contributed by atoms with Crippen LogP contribution in [0.4, 0.5) is 0 Å². The van der Waals surface area contributed by atoms with E-state index in [1.165, 1.54) is 13.1 Å². The average molecular weight is 492 g/mol. The maximum absolute atomic E-state index is 12.7. The molecule has 1 atom stereocenters. The van der Waals surface area contributed by atoms with Gasteiger partial charge in [0.05, 0.1) is 39.6 Å². The van der Waals surface area contributed by atoms with E-state index in [1.54, 1.807) is 0 Å². The topological polar surface area (TPSA) is 140 Å². The maximum Gasteiger partial charge on any atom is 0.328 e. The molecular weight excluding hydrogens is 458 g/mol. The van der Waals surface area contributed by atoms with Crippen molar-refractivity contribution in [2.75, 3.05) is 46.1 Å². The molecule has 0 aliphatic heterocycles. The van der Waals surface area contributed by atoms with Gasteiger partial charge in [0.2, 0.25) is 5.91 Å². The largest absolute Gasteiger partial charge is 0.480 e. The minimum atomic E-state index is -1.17. The standard InChI is InChI=1S/C24H33N3O8/c1-18(16-34-10-8-33-9-11-35-17-20-6-4-3-5-7-20)12-26(15-22(29)30)21(28)14-27-13-19(2)23(31)25-24(27)32/h3-7,13,18H,8-12,14-17H2,1-2H3,(H,29,30)(H,25,31,32)/t18-/m0/s1. The Morgan fingerprint density at radius 2 is 1.71 bits per heavy atom. The van der Waals surface area contributed by atoms with Gasteiger partial charge in [-0.05, 0) is 18.4 Å².